The Kier molecular flexibility index (Phi) is 3.20. The molecule has 0 fully saturated rings. The van der Waals surface area contributed by atoms with Gasteiger partial charge in [0.1, 0.15) is 11.6 Å². The summed E-state index contributed by atoms with van der Waals surface area (Å²) >= 11 is 0. The number of rotatable bonds is 1. The van der Waals surface area contributed by atoms with Crippen molar-refractivity contribution >= 4 is 0 Å². The van der Waals surface area contributed by atoms with Crippen molar-refractivity contribution in [3.8, 4) is 11.1 Å². The van der Waals surface area contributed by atoms with Crippen molar-refractivity contribution in [2.24, 2.45) is 0 Å². The maximum absolute atomic E-state index is 14.5. The van der Waals surface area contributed by atoms with E-state index >= 15 is 0 Å². The number of hydrogen-bond acceptors (Lipinski definition) is 0. The standard InChI is InChI=1S/C16H16F2/c1-16(2,3)14-9-5-8-13(15(14)18)11-6-4-7-12(17)10-11/h4-10H,1-3H3. The molecule has 2 aromatic rings. The molecule has 0 N–H and O–H groups in total. The second-order valence-corrected chi connectivity index (χ2v) is 5.43. The SMILES string of the molecule is CC(C)(C)c1cccc(-c2cccc(F)c2)c1F. The Balaban J connectivity index is 2.60. The van der Waals surface area contributed by atoms with E-state index in [9.17, 15) is 8.78 Å². The Morgan fingerprint density at radius 1 is 0.889 bits per heavy atom. The molecule has 0 nitrogen and oxygen atoms in total. The van der Waals surface area contributed by atoms with Gasteiger partial charge >= 0.3 is 0 Å². The van der Waals surface area contributed by atoms with Gasteiger partial charge in [0.2, 0.25) is 0 Å². The van der Waals surface area contributed by atoms with Gasteiger partial charge in [-0.1, -0.05) is 51.1 Å². The minimum atomic E-state index is -0.354. The summed E-state index contributed by atoms with van der Waals surface area (Å²) in [6.45, 7) is 5.88. The van der Waals surface area contributed by atoms with Crippen molar-refractivity contribution in [1.29, 1.82) is 0 Å². The second-order valence-electron chi connectivity index (χ2n) is 5.43. The van der Waals surface area contributed by atoms with E-state index in [-0.39, 0.29) is 17.0 Å². The summed E-state index contributed by atoms with van der Waals surface area (Å²) in [4.78, 5) is 0. The van der Waals surface area contributed by atoms with Crippen molar-refractivity contribution in [3.63, 3.8) is 0 Å². The molecule has 2 aromatic carbocycles. The van der Waals surface area contributed by atoms with Crippen LogP contribution in [0.25, 0.3) is 11.1 Å². The summed E-state index contributed by atoms with van der Waals surface area (Å²) in [6, 6.07) is 11.3. The average Bonchev–Trinajstić information content (AvgIpc) is 2.27. The van der Waals surface area contributed by atoms with E-state index in [0.717, 1.165) is 0 Å². The topological polar surface area (TPSA) is 0 Å². The molecule has 0 radical (unpaired) electrons. The van der Waals surface area contributed by atoms with Crippen molar-refractivity contribution < 1.29 is 8.78 Å². The lowest BCUT2D eigenvalue weighted by atomic mass is 9.85. The molecule has 0 aliphatic rings. The lowest BCUT2D eigenvalue weighted by Gasteiger charge is -2.21. The smallest absolute Gasteiger partial charge is 0.134 e. The van der Waals surface area contributed by atoms with Crippen LogP contribution in [0.2, 0.25) is 0 Å². The summed E-state index contributed by atoms with van der Waals surface area (Å²) < 4.78 is 27.7. The van der Waals surface area contributed by atoms with Gasteiger partial charge in [0.05, 0.1) is 0 Å². The molecule has 18 heavy (non-hydrogen) atoms. The van der Waals surface area contributed by atoms with Crippen LogP contribution in [0.3, 0.4) is 0 Å². The first-order valence-electron chi connectivity index (χ1n) is 5.94. The molecule has 0 aliphatic heterocycles. The van der Waals surface area contributed by atoms with Crippen LogP contribution in [0.4, 0.5) is 8.78 Å². The van der Waals surface area contributed by atoms with E-state index in [4.69, 9.17) is 0 Å². The first kappa shape index (κ1) is 12.7. The zero-order valence-corrected chi connectivity index (χ0v) is 10.8. The summed E-state index contributed by atoms with van der Waals surface area (Å²) in [5.74, 6) is -0.622. The molecule has 0 aliphatic carbocycles. The van der Waals surface area contributed by atoms with Crippen LogP contribution in [0, 0.1) is 11.6 Å². The molecule has 0 saturated heterocycles. The quantitative estimate of drug-likeness (QED) is 0.669. The van der Waals surface area contributed by atoms with Crippen LogP contribution in [0.1, 0.15) is 26.3 Å². The molecule has 0 spiro atoms. The Labute approximate surface area is 106 Å². The van der Waals surface area contributed by atoms with Crippen LogP contribution in [0.5, 0.6) is 0 Å². The highest BCUT2D eigenvalue weighted by Gasteiger charge is 2.20. The Bertz CT molecular complexity index is 566. The molecule has 0 bridgehead atoms. The molecular formula is C16H16F2. The first-order valence-corrected chi connectivity index (χ1v) is 5.94. The summed E-state index contributed by atoms with van der Waals surface area (Å²) in [5, 5.41) is 0. The monoisotopic (exact) mass is 246 g/mol. The summed E-state index contributed by atoms with van der Waals surface area (Å²) in [6.07, 6.45) is 0. The molecule has 0 saturated carbocycles. The maximum atomic E-state index is 14.5. The highest BCUT2D eigenvalue weighted by molar-refractivity contribution is 5.65. The lowest BCUT2D eigenvalue weighted by Crippen LogP contribution is -2.14. The van der Waals surface area contributed by atoms with Gasteiger partial charge in [-0.05, 0) is 28.7 Å². The van der Waals surface area contributed by atoms with Gasteiger partial charge in [-0.2, -0.15) is 0 Å². The van der Waals surface area contributed by atoms with E-state index in [1.165, 1.54) is 12.1 Å². The third-order valence-electron chi connectivity index (χ3n) is 2.94. The fourth-order valence-corrected chi connectivity index (χ4v) is 1.99. The molecule has 0 heterocycles. The van der Waals surface area contributed by atoms with Gasteiger partial charge < -0.3 is 0 Å². The van der Waals surface area contributed by atoms with Crippen molar-refractivity contribution in [3.05, 3.63) is 59.7 Å². The molecule has 0 amide bonds. The Morgan fingerprint density at radius 3 is 2.17 bits per heavy atom. The van der Waals surface area contributed by atoms with Gasteiger partial charge in [0.15, 0.2) is 0 Å². The van der Waals surface area contributed by atoms with Crippen molar-refractivity contribution in [2.75, 3.05) is 0 Å². The maximum Gasteiger partial charge on any atom is 0.134 e. The second kappa shape index (κ2) is 4.52. The predicted octanol–water partition coefficient (Wildman–Crippen LogP) is 4.93. The number of benzene rings is 2. The zero-order chi connectivity index (χ0) is 13.3. The van der Waals surface area contributed by atoms with E-state index < -0.39 is 0 Å². The van der Waals surface area contributed by atoms with Crippen LogP contribution in [0.15, 0.2) is 42.5 Å². The molecule has 0 atom stereocenters. The van der Waals surface area contributed by atoms with Crippen LogP contribution < -0.4 is 0 Å². The van der Waals surface area contributed by atoms with Gasteiger partial charge in [0.25, 0.3) is 0 Å². The summed E-state index contributed by atoms with van der Waals surface area (Å²) in [5.41, 5.74) is 1.39. The van der Waals surface area contributed by atoms with Crippen molar-refractivity contribution in [2.45, 2.75) is 26.2 Å². The minimum Gasteiger partial charge on any atom is -0.207 e. The number of halogens is 2. The first-order chi connectivity index (χ1) is 8.39. The average molecular weight is 246 g/mol. The number of hydrogen-bond donors (Lipinski definition) is 0. The van der Waals surface area contributed by atoms with E-state index in [1.807, 2.05) is 26.8 Å². The van der Waals surface area contributed by atoms with Gasteiger partial charge in [-0.25, -0.2) is 8.78 Å². The normalized spacial score (nSPS) is 11.6. The van der Waals surface area contributed by atoms with Crippen LogP contribution >= 0.6 is 0 Å². The fourth-order valence-electron chi connectivity index (χ4n) is 1.99. The molecule has 0 unspecified atom stereocenters. The highest BCUT2D eigenvalue weighted by Crippen LogP contribution is 2.31. The molecule has 2 rings (SSSR count). The van der Waals surface area contributed by atoms with Gasteiger partial charge in [0, 0.05) is 5.56 Å². The molecule has 94 valence electrons. The Hall–Kier alpha value is -1.70. The highest BCUT2D eigenvalue weighted by atomic mass is 19.1. The van der Waals surface area contributed by atoms with Gasteiger partial charge in [-0.15, -0.1) is 0 Å². The third-order valence-corrected chi connectivity index (χ3v) is 2.94. The van der Waals surface area contributed by atoms with E-state index in [0.29, 0.717) is 16.7 Å². The molecular weight excluding hydrogens is 230 g/mol. The largest absolute Gasteiger partial charge is 0.207 e. The lowest BCUT2D eigenvalue weighted by molar-refractivity contribution is 0.525. The van der Waals surface area contributed by atoms with Crippen molar-refractivity contribution in [1.82, 2.24) is 0 Å². The third kappa shape index (κ3) is 2.42. The molecule has 2 heteroatoms. The Morgan fingerprint density at radius 2 is 1.56 bits per heavy atom. The van der Waals surface area contributed by atoms with Gasteiger partial charge in [-0.3, -0.25) is 0 Å². The van der Waals surface area contributed by atoms with E-state index in [1.54, 1.807) is 24.3 Å². The fraction of sp³-hybridized carbons (Fsp3) is 0.250. The zero-order valence-electron chi connectivity index (χ0n) is 10.8. The molecule has 0 aromatic heterocycles. The summed E-state index contributed by atoms with van der Waals surface area (Å²) in [7, 11) is 0. The van der Waals surface area contributed by atoms with E-state index in [2.05, 4.69) is 0 Å². The van der Waals surface area contributed by atoms with Crippen LogP contribution in [-0.2, 0) is 5.41 Å². The van der Waals surface area contributed by atoms with Crippen LogP contribution in [-0.4, -0.2) is 0 Å². The minimum absolute atomic E-state index is 0.268. The predicted molar refractivity (Wildman–Crippen MR) is 70.5 cm³/mol.